The molecule has 0 unspecified atom stereocenters. The molecule has 2 rings (SSSR count). The minimum Gasteiger partial charge on any atom is -0.380 e. The van der Waals surface area contributed by atoms with Gasteiger partial charge < -0.3 is 4.74 Å². The summed E-state index contributed by atoms with van der Waals surface area (Å²) in [7, 11) is 0. The molecule has 1 nitrogen and oxygen atoms in total. The van der Waals surface area contributed by atoms with Gasteiger partial charge in [0, 0.05) is 16.9 Å². The van der Waals surface area contributed by atoms with Crippen molar-refractivity contribution in [2.75, 3.05) is 24.7 Å². The maximum atomic E-state index is 5.39. The van der Waals surface area contributed by atoms with Gasteiger partial charge in [0.25, 0.3) is 0 Å². The highest BCUT2D eigenvalue weighted by molar-refractivity contribution is 8.00. The van der Waals surface area contributed by atoms with E-state index < -0.39 is 0 Å². The maximum Gasteiger partial charge on any atom is 0.0554 e. The van der Waals surface area contributed by atoms with E-state index in [1.165, 1.54) is 11.5 Å². The molecule has 0 spiro atoms. The topological polar surface area (TPSA) is 9.23 Å². The van der Waals surface area contributed by atoms with E-state index in [-0.39, 0.29) is 0 Å². The minimum atomic E-state index is 0.351. The fraction of sp³-hybridized carbons (Fsp3) is 1.00. The van der Waals surface area contributed by atoms with Crippen LogP contribution in [0.5, 0.6) is 0 Å². The van der Waals surface area contributed by atoms with Crippen LogP contribution in [-0.4, -0.2) is 24.7 Å². The number of hydrogen-bond acceptors (Lipinski definition) is 2. The maximum absolute atomic E-state index is 5.39. The Morgan fingerprint density at radius 3 is 0.833 bits per heavy atom. The summed E-state index contributed by atoms with van der Waals surface area (Å²) in [4.78, 5) is 0. The second-order valence-electron chi connectivity index (χ2n) is 12.1. The van der Waals surface area contributed by atoms with Gasteiger partial charge in [0.05, 0.1) is 13.2 Å². The van der Waals surface area contributed by atoms with Crippen molar-refractivity contribution < 1.29 is 4.74 Å². The normalized spacial score (nSPS) is 23.5. The van der Waals surface area contributed by atoms with Crippen LogP contribution >= 0.6 is 11.8 Å². The molecule has 2 saturated heterocycles. The lowest BCUT2D eigenvalue weighted by molar-refractivity contribution is -0.224. The Labute approximate surface area is 157 Å². The Bertz CT molecular complexity index is 341. The Kier molecular flexibility index (Phi) is 6.04. The smallest absolute Gasteiger partial charge is 0.0554 e. The van der Waals surface area contributed by atoms with Gasteiger partial charge >= 0.3 is 0 Å². The van der Waals surface area contributed by atoms with Crippen LogP contribution < -0.4 is 0 Å². The van der Waals surface area contributed by atoms with Crippen molar-refractivity contribution in [3.05, 3.63) is 0 Å². The molecular formula is C22H44OS. The molecule has 0 aromatic rings. The molecule has 0 aromatic carbocycles. The summed E-state index contributed by atoms with van der Waals surface area (Å²) in [6, 6.07) is 0. The second kappa shape index (κ2) is 6.48. The Hall–Kier alpha value is 0.310. The zero-order valence-electron chi connectivity index (χ0n) is 18.6. The molecule has 2 aliphatic heterocycles. The summed E-state index contributed by atoms with van der Waals surface area (Å²) in [5, 5.41) is 0. The fourth-order valence-corrected chi connectivity index (χ4v) is 6.94. The van der Waals surface area contributed by atoms with Crippen molar-refractivity contribution in [2.24, 2.45) is 32.5 Å². The molecule has 2 aliphatic rings. The summed E-state index contributed by atoms with van der Waals surface area (Å²) in [6.07, 6.45) is 0. The molecule has 0 bridgehead atoms. The van der Waals surface area contributed by atoms with Crippen LogP contribution in [0.4, 0.5) is 0 Å². The van der Waals surface area contributed by atoms with Crippen LogP contribution in [-0.2, 0) is 4.74 Å². The third-order valence-corrected chi connectivity index (χ3v) is 8.53. The van der Waals surface area contributed by atoms with Gasteiger partial charge in [-0.2, -0.15) is 11.8 Å². The van der Waals surface area contributed by atoms with Gasteiger partial charge in [0.15, 0.2) is 0 Å². The van der Waals surface area contributed by atoms with Gasteiger partial charge in [-0.25, -0.2) is 0 Å². The van der Waals surface area contributed by atoms with E-state index in [0.29, 0.717) is 32.5 Å². The highest BCUT2D eigenvalue weighted by Crippen LogP contribution is 2.60. The molecule has 2 fully saturated rings. The van der Waals surface area contributed by atoms with E-state index >= 15 is 0 Å². The predicted molar refractivity (Wildman–Crippen MR) is 111 cm³/mol. The lowest BCUT2D eigenvalue weighted by Gasteiger charge is -2.59. The zero-order chi connectivity index (χ0) is 19.2. The van der Waals surface area contributed by atoms with Gasteiger partial charge in [0.2, 0.25) is 0 Å². The van der Waals surface area contributed by atoms with Crippen molar-refractivity contribution in [2.45, 2.75) is 83.1 Å². The number of ether oxygens (including phenoxy) is 1. The first-order chi connectivity index (χ1) is 10.4. The van der Waals surface area contributed by atoms with Crippen molar-refractivity contribution in [3.63, 3.8) is 0 Å². The molecule has 0 saturated carbocycles. The van der Waals surface area contributed by atoms with Gasteiger partial charge in [-0.15, -0.1) is 0 Å². The lowest BCUT2D eigenvalue weighted by Crippen LogP contribution is -2.59. The third-order valence-electron chi connectivity index (χ3n) is 7.14. The van der Waals surface area contributed by atoms with Crippen LogP contribution in [0.3, 0.4) is 0 Å². The molecule has 144 valence electrons. The highest BCUT2D eigenvalue weighted by atomic mass is 32.2. The monoisotopic (exact) mass is 356 g/mol. The molecule has 0 aromatic heterocycles. The van der Waals surface area contributed by atoms with Gasteiger partial charge in [-0.3, -0.25) is 0 Å². The van der Waals surface area contributed by atoms with Crippen molar-refractivity contribution >= 4 is 11.8 Å². The van der Waals surface area contributed by atoms with E-state index in [4.69, 9.17) is 4.74 Å². The largest absolute Gasteiger partial charge is 0.380 e. The molecule has 0 amide bonds. The summed E-state index contributed by atoms with van der Waals surface area (Å²) in [5.74, 6) is 2.69. The first-order valence-corrected chi connectivity index (χ1v) is 10.7. The van der Waals surface area contributed by atoms with E-state index in [1.807, 2.05) is 0 Å². The van der Waals surface area contributed by atoms with Crippen molar-refractivity contribution in [1.29, 1.82) is 0 Å². The van der Waals surface area contributed by atoms with Crippen LogP contribution in [0.15, 0.2) is 0 Å². The summed E-state index contributed by atoms with van der Waals surface area (Å²) >= 11 is 2.10. The summed E-state index contributed by atoms with van der Waals surface area (Å²) < 4.78 is 5.39. The fourth-order valence-electron chi connectivity index (χ4n) is 4.59. The molecule has 0 N–H and O–H groups in total. The average Bonchev–Trinajstić information content (AvgIpc) is 2.00. The van der Waals surface area contributed by atoms with Crippen molar-refractivity contribution in [3.8, 4) is 0 Å². The van der Waals surface area contributed by atoms with Crippen LogP contribution in [0.2, 0.25) is 0 Å². The molecule has 2 heterocycles. The quantitative estimate of drug-likeness (QED) is 0.466. The molecule has 0 radical (unpaired) electrons. The average molecular weight is 357 g/mol. The first-order valence-electron chi connectivity index (χ1n) is 9.57. The van der Waals surface area contributed by atoms with Crippen LogP contribution in [0.25, 0.3) is 0 Å². The van der Waals surface area contributed by atoms with Gasteiger partial charge in [-0.1, -0.05) is 83.1 Å². The first kappa shape index (κ1) is 22.4. The van der Waals surface area contributed by atoms with E-state index in [9.17, 15) is 0 Å². The van der Waals surface area contributed by atoms with E-state index in [0.717, 1.165) is 13.2 Å². The number of rotatable bonds is 0. The zero-order valence-corrected chi connectivity index (χ0v) is 19.5. The van der Waals surface area contributed by atoms with Gasteiger partial charge in [0.1, 0.15) is 0 Å². The van der Waals surface area contributed by atoms with Crippen LogP contribution in [0, 0.1) is 32.5 Å². The Morgan fingerprint density at radius 2 is 0.833 bits per heavy atom. The lowest BCUT2D eigenvalue weighted by atomic mass is 9.53. The second-order valence-corrected chi connectivity index (χ2v) is 13.1. The predicted octanol–water partition coefficient (Wildman–Crippen LogP) is 6.91. The molecule has 24 heavy (non-hydrogen) atoms. The highest BCUT2D eigenvalue weighted by Gasteiger charge is 2.56. The Balaban J connectivity index is 0.000000240. The standard InChI is InChI=1S/C11H22O.C11H22S/c2*1-9(2,3)11(7-12-8-11)10(4,5)6/h2*7-8H2,1-6H3. The van der Waals surface area contributed by atoms with E-state index in [2.05, 4.69) is 94.8 Å². The number of hydrogen-bond donors (Lipinski definition) is 0. The van der Waals surface area contributed by atoms with E-state index in [1.54, 1.807) is 0 Å². The minimum absolute atomic E-state index is 0.351. The summed E-state index contributed by atoms with van der Waals surface area (Å²) in [6.45, 7) is 30.1. The summed E-state index contributed by atoms with van der Waals surface area (Å²) in [5.41, 5.74) is 2.55. The molecular weight excluding hydrogens is 312 g/mol. The molecule has 0 aliphatic carbocycles. The molecule has 2 heteroatoms. The van der Waals surface area contributed by atoms with Gasteiger partial charge in [-0.05, 0) is 27.1 Å². The number of thioether (sulfide) groups is 1. The van der Waals surface area contributed by atoms with Crippen LogP contribution in [0.1, 0.15) is 83.1 Å². The Morgan fingerprint density at radius 1 is 0.542 bits per heavy atom. The SMILES string of the molecule is CC(C)(C)C1(C(C)(C)C)COC1.CC(C)(C)C1(C(C)(C)C)CSC1. The molecule has 0 atom stereocenters. The van der Waals surface area contributed by atoms with Crippen molar-refractivity contribution in [1.82, 2.24) is 0 Å². The third kappa shape index (κ3) is 3.70.